The van der Waals surface area contributed by atoms with Gasteiger partial charge in [-0.25, -0.2) is 0 Å². The molecule has 2 heteroatoms. The minimum atomic E-state index is 0.309. The molecule has 1 rings (SSSR count). The second-order valence-corrected chi connectivity index (χ2v) is 5.58. The first kappa shape index (κ1) is 19.1. The van der Waals surface area contributed by atoms with E-state index in [1.54, 1.807) is 0 Å². The van der Waals surface area contributed by atoms with Gasteiger partial charge >= 0.3 is 0 Å². The molecule has 1 aromatic carbocycles. The quantitative estimate of drug-likeness (QED) is 0.551. The van der Waals surface area contributed by atoms with Crippen molar-refractivity contribution in [2.45, 2.75) is 40.4 Å². The Morgan fingerprint density at radius 2 is 1.80 bits per heavy atom. The van der Waals surface area contributed by atoms with E-state index < -0.39 is 0 Å². The van der Waals surface area contributed by atoms with E-state index in [1.807, 2.05) is 19.9 Å². The maximum Gasteiger partial charge on any atom is 0.0466 e. The van der Waals surface area contributed by atoms with Crippen LogP contribution in [0.15, 0.2) is 54.1 Å². The zero-order valence-electron chi connectivity index (χ0n) is 13.6. The van der Waals surface area contributed by atoms with Crippen LogP contribution in [0.5, 0.6) is 0 Å². The Bertz CT molecular complexity index is 393. The summed E-state index contributed by atoms with van der Waals surface area (Å²) in [4.78, 5) is 0. The molecule has 0 saturated carbocycles. The molecule has 2 atom stereocenters. The predicted octanol–water partition coefficient (Wildman–Crippen LogP) is 5.33. The van der Waals surface area contributed by atoms with E-state index in [0.717, 1.165) is 6.54 Å². The second kappa shape index (κ2) is 11.9. The number of hydrogen-bond donors (Lipinski definition) is 1. The minimum Gasteiger partial charge on any atom is -0.303 e. The van der Waals surface area contributed by atoms with Crippen molar-refractivity contribution in [1.29, 1.82) is 0 Å². The topological polar surface area (TPSA) is 12.0 Å². The van der Waals surface area contributed by atoms with Gasteiger partial charge in [0.05, 0.1) is 0 Å². The first-order valence-electron chi connectivity index (χ1n) is 7.47. The normalized spacial score (nSPS) is 13.2. The molecule has 20 heavy (non-hydrogen) atoms. The third-order valence-electron chi connectivity index (χ3n) is 2.64. The lowest BCUT2D eigenvalue weighted by Crippen LogP contribution is -2.18. The fourth-order valence-electron chi connectivity index (χ4n) is 1.55. The lowest BCUT2D eigenvalue weighted by Gasteiger charge is -2.14. The Labute approximate surface area is 127 Å². The summed E-state index contributed by atoms with van der Waals surface area (Å²) in [5.74, 6) is 0.921. The Morgan fingerprint density at radius 1 is 1.20 bits per heavy atom. The van der Waals surface area contributed by atoms with Crippen molar-refractivity contribution in [1.82, 2.24) is 5.32 Å². The maximum absolute atomic E-state index is 3.50. The number of hydrogen-bond acceptors (Lipinski definition) is 1. The highest BCUT2D eigenvalue weighted by Crippen LogP contribution is 2.19. The van der Waals surface area contributed by atoms with E-state index in [-0.39, 0.29) is 0 Å². The van der Waals surface area contributed by atoms with Crippen LogP contribution in [-0.4, -0.2) is 6.54 Å². The van der Waals surface area contributed by atoms with Gasteiger partial charge in [0.15, 0.2) is 0 Å². The molecular formula is C18H30NP. The van der Waals surface area contributed by atoms with Gasteiger partial charge in [-0.2, -0.15) is 0 Å². The van der Waals surface area contributed by atoms with Gasteiger partial charge in [-0.15, -0.1) is 9.24 Å². The molecule has 0 aliphatic carbocycles. The average Bonchev–Trinajstić information content (AvgIpc) is 2.47. The molecule has 112 valence electrons. The molecule has 0 aliphatic rings. The Kier molecular flexibility index (Phi) is 11.3. The maximum atomic E-state index is 3.50. The third kappa shape index (κ3) is 9.07. The summed E-state index contributed by atoms with van der Waals surface area (Å²) in [7, 11) is 2.84. The van der Waals surface area contributed by atoms with Gasteiger partial charge in [-0.05, 0) is 18.4 Å². The van der Waals surface area contributed by atoms with Crippen molar-refractivity contribution in [3.8, 4) is 0 Å². The molecule has 1 nitrogen and oxygen atoms in total. The summed E-state index contributed by atoms with van der Waals surface area (Å²) in [6.07, 6.45) is 6.52. The lowest BCUT2D eigenvalue weighted by atomic mass is 10.2. The van der Waals surface area contributed by atoms with Gasteiger partial charge in [-0.3, -0.25) is 0 Å². The van der Waals surface area contributed by atoms with Crippen molar-refractivity contribution in [3.05, 3.63) is 59.7 Å². The van der Waals surface area contributed by atoms with Crippen LogP contribution < -0.4 is 5.32 Å². The lowest BCUT2D eigenvalue weighted by molar-refractivity contribution is 0.722. The molecule has 0 aliphatic heterocycles. The second-order valence-electron chi connectivity index (χ2n) is 4.91. The third-order valence-corrected chi connectivity index (χ3v) is 3.26. The largest absolute Gasteiger partial charge is 0.303 e. The number of benzene rings is 1. The van der Waals surface area contributed by atoms with E-state index in [0.29, 0.717) is 11.7 Å². The Balaban J connectivity index is 0.00000172. The van der Waals surface area contributed by atoms with Crippen LogP contribution in [0.2, 0.25) is 0 Å². The summed E-state index contributed by atoms with van der Waals surface area (Å²) < 4.78 is 0. The minimum absolute atomic E-state index is 0.309. The summed E-state index contributed by atoms with van der Waals surface area (Å²) >= 11 is 0. The van der Waals surface area contributed by atoms with Crippen LogP contribution >= 0.6 is 9.24 Å². The van der Waals surface area contributed by atoms with E-state index >= 15 is 0 Å². The van der Waals surface area contributed by atoms with Crippen molar-refractivity contribution in [2.24, 2.45) is 5.92 Å². The van der Waals surface area contributed by atoms with Gasteiger partial charge in [0, 0.05) is 12.3 Å². The predicted molar refractivity (Wildman–Crippen MR) is 96.0 cm³/mol. The zero-order valence-corrected chi connectivity index (χ0v) is 14.7. The molecule has 1 aromatic rings. The van der Waals surface area contributed by atoms with Crippen LogP contribution in [0, 0.1) is 5.92 Å². The van der Waals surface area contributed by atoms with E-state index in [2.05, 4.69) is 77.8 Å². The highest BCUT2D eigenvalue weighted by Gasteiger charge is 2.02. The van der Waals surface area contributed by atoms with Crippen LogP contribution in [-0.2, 0) is 0 Å². The van der Waals surface area contributed by atoms with Crippen LogP contribution in [0.4, 0.5) is 0 Å². The molecule has 0 aromatic heterocycles. The molecule has 1 N–H and O–H groups in total. The molecular weight excluding hydrogens is 261 g/mol. The van der Waals surface area contributed by atoms with E-state index in [4.69, 9.17) is 0 Å². The van der Waals surface area contributed by atoms with Crippen molar-refractivity contribution >= 4 is 9.24 Å². The SMILES string of the molecule is C/C(=C\C=C/C(C)C)CNC(P)c1ccccc1.CC. The van der Waals surface area contributed by atoms with Crippen molar-refractivity contribution in [3.63, 3.8) is 0 Å². The van der Waals surface area contributed by atoms with E-state index in [1.165, 1.54) is 11.1 Å². The Hall–Kier alpha value is -0.910. The van der Waals surface area contributed by atoms with E-state index in [9.17, 15) is 0 Å². The van der Waals surface area contributed by atoms with Crippen molar-refractivity contribution in [2.75, 3.05) is 6.54 Å². The Morgan fingerprint density at radius 3 is 2.35 bits per heavy atom. The van der Waals surface area contributed by atoms with Gasteiger partial charge < -0.3 is 5.32 Å². The summed E-state index contributed by atoms with van der Waals surface area (Å²) in [6, 6.07) is 10.5. The van der Waals surface area contributed by atoms with Gasteiger partial charge in [0.1, 0.15) is 0 Å². The molecule has 0 bridgehead atoms. The summed E-state index contributed by atoms with van der Waals surface area (Å²) in [5, 5.41) is 3.50. The monoisotopic (exact) mass is 291 g/mol. The summed E-state index contributed by atoms with van der Waals surface area (Å²) in [5.41, 5.74) is 2.64. The fraction of sp³-hybridized carbons (Fsp3) is 0.444. The number of allylic oxidation sites excluding steroid dienone is 3. The highest BCUT2D eigenvalue weighted by molar-refractivity contribution is 7.17. The first-order chi connectivity index (χ1) is 9.59. The fourth-order valence-corrected chi connectivity index (χ4v) is 1.89. The van der Waals surface area contributed by atoms with Crippen LogP contribution in [0.1, 0.15) is 46.0 Å². The average molecular weight is 291 g/mol. The number of nitrogens with one attached hydrogen (secondary N) is 1. The standard InChI is InChI=1S/C16H24NP.C2H6/c1-13(2)8-7-9-14(3)12-17-16(18)15-10-5-4-6-11-15;1-2/h4-11,13,16-17H,12,18H2,1-3H3;1-2H3/b8-7-,14-9+;. The summed E-state index contributed by atoms with van der Waals surface area (Å²) in [6.45, 7) is 11.4. The van der Waals surface area contributed by atoms with Crippen LogP contribution in [0.3, 0.4) is 0 Å². The molecule has 2 unspecified atom stereocenters. The van der Waals surface area contributed by atoms with Gasteiger partial charge in [0.25, 0.3) is 0 Å². The highest BCUT2D eigenvalue weighted by atomic mass is 31.0. The van der Waals surface area contributed by atoms with Crippen molar-refractivity contribution < 1.29 is 0 Å². The molecule has 0 fully saturated rings. The zero-order chi connectivity index (χ0) is 15.4. The molecule has 0 heterocycles. The smallest absolute Gasteiger partial charge is 0.0466 e. The molecule has 0 amide bonds. The number of rotatable bonds is 6. The van der Waals surface area contributed by atoms with Gasteiger partial charge in [0.2, 0.25) is 0 Å². The molecule has 0 saturated heterocycles. The van der Waals surface area contributed by atoms with Gasteiger partial charge in [-0.1, -0.05) is 81.8 Å². The molecule has 0 spiro atoms. The van der Waals surface area contributed by atoms with Crippen LogP contribution in [0.25, 0.3) is 0 Å². The first-order valence-corrected chi connectivity index (χ1v) is 8.14. The molecule has 0 radical (unpaired) electrons.